The number of aliphatic hydroxyl groups is 1. The minimum absolute atomic E-state index is 0.178. The summed E-state index contributed by atoms with van der Waals surface area (Å²) in [5, 5.41) is 16.2. The molecular weight excluding hydrogens is 304 g/mol. The van der Waals surface area contributed by atoms with Gasteiger partial charge in [0, 0.05) is 30.5 Å². The van der Waals surface area contributed by atoms with Gasteiger partial charge in [-0.05, 0) is 31.7 Å². The monoisotopic (exact) mass is 330 g/mol. The molecule has 0 aromatic heterocycles. The van der Waals surface area contributed by atoms with E-state index in [-0.39, 0.29) is 24.0 Å². The van der Waals surface area contributed by atoms with Gasteiger partial charge in [-0.1, -0.05) is 36.2 Å². The quantitative estimate of drug-likeness (QED) is 0.793. The molecular formula is C19H26N2O3. The molecule has 3 aliphatic rings. The van der Waals surface area contributed by atoms with Crippen LogP contribution in [0, 0.1) is 18.3 Å². The van der Waals surface area contributed by atoms with Crippen LogP contribution in [0.4, 0.5) is 4.79 Å². The average Bonchev–Trinajstić information content (AvgIpc) is 2.95. The van der Waals surface area contributed by atoms with Crippen LogP contribution in [0.5, 0.6) is 0 Å². The van der Waals surface area contributed by atoms with Crippen LogP contribution in [0.25, 0.3) is 0 Å². The topological polar surface area (TPSA) is 70.6 Å². The molecule has 5 heteroatoms. The number of urea groups is 1. The Kier molecular flexibility index (Phi) is 4.01. The van der Waals surface area contributed by atoms with Gasteiger partial charge in [0.15, 0.2) is 0 Å². The molecule has 1 aromatic rings. The number of fused-ring (bicyclic) bond motifs is 2. The molecule has 4 atom stereocenters. The highest BCUT2D eigenvalue weighted by Crippen LogP contribution is 2.62. The summed E-state index contributed by atoms with van der Waals surface area (Å²) in [6, 6.07) is 7.78. The zero-order valence-corrected chi connectivity index (χ0v) is 14.1. The van der Waals surface area contributed by atoms with Gasteiger partial charge in [-0.25, -0.2) is 4.79 Å². The first-order valence-electron chi connectivity index (χ1n) is 9.01. The van der Waals surface area contributed by atoms with Crippen molar-refractivity contribution in [3.8, 4) is 0 Å². The number of hydrogen-bond donors (Lipinski definition) is 3. The van der Waals surface area contributed by atoms with Crippen molar-refractivity contribution in [2.75, 3.05) is 13.2 Å². The van der Waals surface area contributed by atoms with E-state index in [1.807, 2.05) is 31.2 Å². The second-order valence-corrected chi connectivity index (χ2v) is 7.59. The summed E-state index contributed by atoms with van der Waals surface area (Å²) in [6.45, 7) is 3.05. The number of carbonyl (C=O) groups excluding carboxylic acids is 1. The second-order valence-electron chi connectivity index (χ2n) is 7.59. The Morgan fingerprint density at radius 1 is 1.38 bits per heavy atom. The number of amides is 2. The van der Waals surface area contributed by atoms with Gasteiger partial charge in [0.1, 0.15) is 0 Å². The smallest absolute Gasteiger partial charge is 0.315 e. The lowest BCUT2D eigenvalue weighted by atomic mass is 9.46. The maximum Gasteiger partial charge on any atom is 0.315 e. The first kappa shape index (κ1) is 15.9. The van der Waals surface area contributed by atoms with Crippen LogP contribution >= 0.6 is 0 Å². The molecule has 1 aromatic carbocycles. The van der Waals surface area contributed by atoms with Crippen LogP contribution in [-0.4, -0.2) is 36.4 Å². The van der Waals surface area contributed by atoms with Crippen molar-refractivity contribution in [3.63, 3.8) is 0 Å². The largest absolute Gasteiger partial charge is 0.387 e. The van der Waals surface area contributed by atoms with Crippen molar-refractivity contribution in [1.82, 2.24) is 10.6 Å². The van der Waals surface area contributed by atoms with Crippen LogP contribution < -0.4 is 10.6 Å². The molecule has 1 aliphatic heterocycles. The van der Waals surface area contributed by atoms with Gasteiger partial charge >= 0.3 is 6.03 Å². The first-order chi connectivity index (χ1) is 11.6. The van der Waals surface area contributed by atoms with Crippen molar-refractivity contribution < 1.29 is 14.6 Å². The van der Waals surface area contributed by atoms with Crippen molar-refractivity contribution in [3.05, 3.63) is 35.4 Å². The van der Waals surface area contributed by atoms with Crippen molar-refractivity contribution in [1.29, 1.82) is 0 Å². The fraction of sp³-hybridized carbons (Fsp3) is 0.632. The zero-order chi connectivity index (χ0) is 16.7. The Balaban J connectivity index is 1.30. The summed E-state index contributed by atoms with van der Waals surface area (Å²) >= 11 is 0. The van der Waals surface area contributed by atoms with Crippen LogP contribution in [0.1, 0.15) is 42.9 Å². The van der Waals surface area contributed by atoms with Crippen molar-refractivity contribution in [2.24, 2.45) is 11.3 Å². The second kappa shape index (κ2) is 6.05. The number of rotatable bonds is 4. The predicted octanol–water partition coefficient (Wildman–Crippen LogP) is 2.29. The Morgan fingerprint density at radius 2 is 2.12 bits per heavy atom. The fourth-order valence-corrected chi connectivity index (χ4v) is 4.74. The summed E-state index contributed by atoms with van der Waals surface area (Å²) in [7, 11) is 0. The number of aryl methyl sites for hydroxylation is 1. The molecule has 3 N–H and O–H groups in total. The molecule has 1 spiro atoms. The van der Waals surface area contributed by atoms with Gasteiger partial charge in [-0.3, -0.25) is 0 Å². The lowest BCUT2D eigenvalue weighted by Gasteiger charge is -2.63. The van der Waals surface area contributed by atoms with E-state index in [1.165, 1.54) is 6.42 Å². The van der Waals surface area contributed by atoms with E-state index in [9.17, 15) is 9.90 Å². The lowest BCUT2D eigenvalue weighted by molar-refractivity contribution is -0.172. The van der Waals surface area contributed by atoms with Crippen LogP contribution in [0.15, 0.2) is 24.3 Å². The highest BCUT2D eigenvalue weighted by atomic mass is 16.5. The van der Waals surface area contributed by atoms with Crippen molar-refractivity contribution in [2.45, 2.75) is 50.9 Å². The first-order valence-corrected chi connectivity index (χ1v) is 9.01. The standard InChI is InChI=1S/C19H26N2O3/c1-12-3-5-13(6-4-12)15(22)11-20-18(23)21-16-14-7-10-24-17(14)19(16)8-2-9-19/h3-6,14-17,22H,2,7-11H2,1H3,(H2,20,21,23). The van der Waals surface area contributed by atoms with E-state index < -0.39 is 6.10 Å². The molecule has 0 bridgehead atoms. The van der Waals surface area contributed by atoms with E-state index in [0.29, 0.717) is 12.0 Å². The van der Waals surface area contributed by atoms with Crippen LogP contribution in [0.2, 0.25) is 0 Å². The molecule has 4 rings (SSSR count). The molecule has 5 nitrogen and oxygen atoms in total. The summed E-state index contributed by atoms with van der Waals surface area (Å²) < 4.78 is 5.88. The van der Waals surface area contributed by atoms with Gasteiger partial charge in [0.2, 0.25) is 0 Å². The SMILES string of the molecule is Cc1ccc(C(O)CNC(=O)NC2C3CCOC3C23CCC3)cc1. The Bertz CT molecular complexity index is 612. The Hall–Kier alpha value is -1.59. The van der Waals surface area contributed by atoms with E-state index in [4.69, 9.17) is 4.74 Å². The normalized spacial score (nSPS) is 30.8. The van der Waals surface area contributed by atoms with Gasteiger partial charge in [0.05, 0.1) is 12.2 Å². The lowest BCUT2D eigenvalue weighted by Crippen LogP contribution is -2.72. The summed E-state index contributed by atoms with van der Waals surface area (Å²) in [4.78, 5) is 12.3. The molecule has 24 heavy (non-hydrogen) atoms. The molecule has 0 radical (unpaired) electrons. The van der Waals surface area contributed by atoms with Gasteiger partial charge < -0.3 is 20.5 Å². The highest BCUT2D eigenvalue weighted by molar-refractivity contribution is 5.74. The summed E-state index contributed by atoms with van der Waals surface area (Å²) in [6.07, 6.45) is 4.27. The third-order valence-electron chi connectivity index (χ3n) is 6.24. The molecule has 2 amide bonds. The third-order valence-corrected chi connectivity index (χ3v) is 6.24. The molecule has 130 valence electrons. The summed E-state index contributed by atoms with van der Waals surface area (Å²) in [5.41, 5.74) is 2.17. The number of ether oxygens (including phenoxy) is 1. The minimum Gasteiger partial charge on any atom is -0.387 e. The highest BCUT2D eigenvalue weighted by Gasteiger charge is 2.66. The predicted molar refractivity (Wildman–Crippen MR) is 90.6 cm³/mol. The van der Waals surface area contributed by atoms with E-state index in [1.54, 1.807) is 0 Å². The van der Waals surface area contributed by atoms with Gasteiger partial charge in [-0.15, -0.1) is 0 Å². The molecule has 1 heterocycles. The zero-order valence-electron chi connectivity index (χ0n) is 14.1. The maximum atomic E-state index is 12.3. The number of benzene rings is 1. The van der Waals surface area contributed by atoms with E-state index >= 15 is 0 Å². The minimum atomic E-state index is -0.682. The number of aliphatic hydroxyl groups excluding tert-OH is 1. The van der Waals surface area contributed by atoms with E-state index in [0.717, 1.165) is 37.0 Å². The van der Waals surface area contributed by atoms with Crippen molar-refractivity contribution >= 4 is 6.03 Å². The molecule has 2 aliphatic carbocycles. The van der Waals surface area contributed by atoms with Gasteiger partial charge in [-0.2, -0.15) is 0 Å². The van der Waals surface area contributed by atoms with E-state index in [2.05, 4.69) is 10.6 Å². The molecule has 1 saturated heterocycles. The third kappa shape index (κ3) is 2.50. The Morgan fingerprint density at radius 3 is 2.79 bits per heavy atom. The summed E-state index contributed by atoms with van der Waals surface area (Å²) in [5.74, 6) is 0.470. The maximum absolute atomic E-state index is 12.3. The van der Waals surface area contributed by atoms with Crippen LogP contribution in [-0.2, 0) is 4.74 Å². The molecule has 2 saturated carbocycles. The average molecular weight is 330 g/mol. The molecule has 3 fully saturated rings. The Labute approximate surface area is 142 Å². The van der Waals surface area contributed by atoms with Gasteiger partial charge in [0.25, 0.3) is 0 Å². The molecule has 4 unspecified atom stereocenters. The number of hydrogen-bond acceptors (Lipinski definition) is 3. The fourth-order valence-electron chi connectivity index (χ4n) is 4.74. The van der Waals surface area contributed by atoms with Crippen LogP contribution in [0.3, 0.4) is 0 Å². The number of carbonyl (C=O) groups is 1. The number of nitrogens with one attached hydrogen (secondary N) is 2.